The number of guanidine groups is 1. The number of esters is 1. The third-order valence-corrected chi connectivity index (χ3v) is 3.62. The van der Waals surface area contributed by atoms with Crippen LogP contribution in [-0.4, -0.2) is 32.6 Å². The van der Waals surface area contributed by atoms with Gasteiger partial charge in [-0.25, -0.2) is 4.39 Å². The van der Waals surface area contributed by atoms with Crippen LogP contribution in [0.25, 0.3) is 0 Å². The third-order valence-electron chi connectivity index (χ3n) is 3.62. The summed E-state index contributed by atoms with van der Waals surface area (Å²) in [5.41, 5.74) is -1.08. The first-order valence-electron chi connectivity index (χ1n) is 8.15. The molecule has 0 fully saturated rings. The molecule has 0 atom stereocenters. The second kappa shape index (κ2) is 12.7. The van der Waals surface area contributed by atoms with Crippen LogP contribution in [0.4, 0.5) is 17.6 Å². The van der Waals surface area contributed by atoms with Crippen LogP contribution in [0.5, 0.6) is 0 Å². The molecule has 0 aromatic heterocycles. The predicted octanol–water partition coefficient (Wildman–Crippen LogP) is 3.86. The van der Waals surface area contributed by atoms with E-state index in [1.807, 2.05) is 0 Å². The Labute approximate surface area is 173 Å². The number of hydrogen-bond donors (Lipinski definition) is 2. The fourth-order valence-corrected chi connectivity index (χ4v) is 2.25. The molecule has 0 aliphatic carbocycles. The molecule has 0 aliphatic heterocycles. The summed E-state index contributed by atoms with van der Waals surface area (Å²) >= 11 is 0. The van der Waals surface area contributed by atoms with E-state index in [0.717, 1.165) is 25.0 Å². The second-order valence-electron chi connectivity index (χ2n) is 5.54. The van der Waals surface area contributed by atoms with Gasteiger partial charge in [0.1, 0.15) is 5.82 Å². The van der Waals surface area contributed by atoms with Crippen molar-refractivity contribution in [2.45, 2.75) is 38.4 Å². The number of methoxy groups -OCH3 is 1. The number of alkyl halides is 3. The maximum Gasteiger partial charge on any atom is 0.416 e. The molecule has 1 rings (SSSR count). The molecule has 2 N–H and O–H groups in total. The molecule has 5 nitrogen and oxygen atoms in total. The molecule has 0 saturated heterocycles. The van der Waals surface area contributed by atoms with Crippen molar-refractivity contribution in [2.75, 3.05) is 20.7 Å². The smallest absolute Gasteiger partial charge is 0.416 e. The molecule has 0 radical (unpaired) electrons. The Morgan fingerprint density at radius 1 is 1.19 bits per heavy atom. The molecule has 27 heavy (non-hydrogen) atoms. The molecule has 10 heteroatoms. The van der Waals surface area contributed by atoms with Crippen molar-refractivity contribution in [1.82, 2.24) is 10.6 Å². The summed E-state index contributed by atoms with van der Waals surface area (Å²) in [5.74, 6) is -0.846. The number of carbonyl (C=O) groups is 1. The predicted molar refractivity (Wildman–Crippen MR) is 106 cm³/mol. The van der Waals surface area contributed by atoms with Crippen LogP contribution in [0.15, 0.2) is 23.2 Å². The Kier molecular flexibility index (Phi) is 12.0. The standard InChI is InChI=1S/C17H23F4N3O2.HI/c1-22-16(23-9-5-3-4-6-15(25)26-2)24-11-12-7-8-13(18)10-14(12)17(19,20)21;/h7-8,10H,3-6,9,11H2,1-2H3,(H2,22,23,24);1H. The molecule has 0 heterocycles. The lowest BCUT2D eigenvalue weighted by molar-refractivity contribution is -0.141. The minimum Gasteiger partial charge on any atom is -0.469 e. The van der Waals surface area contributed by atoms with Crippen molar-refractivity contribution < 1.29 is 27.1 Å². The lowest BCUT2D eigenvalue weighted by Gasteiger charge is -2.16. The van der Waals surface area contributed by atoms with Gasteiger partial charge < -0.3 is 15.4 Å². The SMILES string of the molecule is CN=C(NCCCCCC(=O)OC)NCc1ccc(F)cc1C(F)(F)F.I. The van der Waals surface area contributed by atoms with Crippen molar-refractivity contribution in [3.8, 4) is 0 Å². The molecule has 1 aromatic rings. The molecule has 0 unspecified atom stereocenters. The van der Waals surface area contributed by atoms with E-state index in [2.05, 4.69) is 20.4 Å². The maximum absolute atomic E-state index is 13.1. The van der Waals surface area contributed by atoms with E-state index in [4.69, 9.17) is 0 Å². The van der Waals surface area contributed by atoms with E-state index in [0.29, 0.717) is 31.4 Å². The quantitative estimate of drug-likeness (QED) is 0.141. The zero-order chi connectivity index (χ0) is 19.6. The fraction of sp³-hybridized carbons (Fsp3) is 0.529. The van der Waals surface area contributed by atoms with E-state index in [1.54, 1.807) is 0 Å². The number of hydrogen-bond acceptors (Lipinski definition) is 3. The molecule has 0 amide bonds. The highest BCUT2D eigenvalue weighted by molar-refractivity contribution is 14.0. The molecular formula is C17H24F4IN3O2. The van der Waals surface area contributed by atoms with E-state index in [9.17, 15) is 22.4 Å². The number of carbonyl (C=O) groups excluding carboxylic acids is 1. The summed E-state index contributed by atoms with van der Waals surface area (Å²) in [6, 6.07) is 2.57. The summed E-state index contributed by atoms with van der Waals surface area (Å²) in [5, 5.41) is 5.76. The number of ether oxygens (including phenoxy) is 1. The number of nitrogens with one attached hydrogen (secondary N) is 2. The van der Waals surface area contributed by atoms with Gasteiger partial charge in [-0.15, -0.1) is 24.0 Å². The molecule has 0 saturated carbocycles. The van der Waals surface area contributed by atoms with Gasteiger partial charge in [0.15, 0.2) is 5.96 Å². The maximum atomic E-state index is 13.1. The normalized spacial score (nSPS) is 11.6. The summed E-state index contributed by atoms with van der Waals surface area (Å²) in [6.07, 6.45) is -2.01. The Hall–Kier alpha value is -1.59. The monoisotopic (exact) mass is 505 g/mol. The summed E-state index contributed by atoms with van der Waals surface area (Å²) in [7, 11) is 2.84. The van der Waals surface area contributed by atoms with Crippen molar-refractivity contribution in [3.63, 3.8) is 0 Å². The van der Waals surface area contributed by atoms with Crippen LogP contribution in [0.2, 0.25) is 0 Å². The van der Waals surface area contributed by atoms with Crippen LogP contribution in [0.1, 0.15) is 36.8 Å². The van der Waals surface area contributed by atoms with Crippen molar-refractivity contribution in [2.24, 2.45) is 4.99 Å². The number of unbranched alkanes of at least 4 members (excludes halogenated alkanes) is 2. The Balaban J connectivity index is 0.00000676. The lowest BCUT2D eigenvalue weighted by Crippen LogP contribution is -2.37. The molecule has 1 aromatic carbocycles. The molecule has 0 bridgehead atoms. The number of halogens is 5. The Morgan fingerprint density at radius 2 is 1.89 bits per heavy atom. The van der Waals surface area contributed by atoms with Crippen LogP contribution in [0, 0.1) is 5.82 Å². The van der Waals surface area contributed by atoms with E-state index in [-0.39, 0.29) is 42.1 Å². The van der Waals surface area contributed by atoms with Crippen molar-refractivity contribution >= 4 is 35.9 Å². The van der Waals surface area contributed by atoms with Gasteiger partial charge in [-0.2, -0.15) is 13.2 Å². The summed E-state index contributed by atoms with van der Waals surface area (Å²) in [6.45, 7) is 0.410. The van der Waals surface area contributed by atoms with Crippen LogP contribution in [0.3, 0.4) is 0 Å². The van der Waals surface area contributed by atoms with Gasteiger partial charge in [0.25, 0.3) is 0 Å². The number of rotatable bonds is 8. The number of nitrogens with zero attached hydrogens (tertiary/aromatic N) is 1. The summed E-state index contributed by atoms with van der Waals surface area (Å²) in [4.78, 5) is 14.9. The van der Waals surface area contributed by atoms with E-state index >= 15 is 0 Å². The fourth-order valence-electron chi connectivity index (χ4n) is 2.25. The molecule has 0 aliphatic rings. The average molecular weight is 505 g/mol. The lowest BCUT2D eigenvalue weighted by atomic mass is 10.1. The largest absolute Gasteiger partial charge is 0.469 e. The first kappa shape index (κ1) is 25.4. The second-order valence-corrected chi connectivity index (χ2v) is 5.54. The molecule has 154 valence electrons. The molecular weight excluding hydrogens is 481 g/mol. The third kappa shape index (κ3) is 9.78. The van der Waals surface area contributed by atoms with E-state index < -0.39 is 17.6 Å². The van der Waals surface area contributed by atoms with Gasteiger partial charge in [-0.1, -0.05) is 12.5 Å². The highest BCUT2D eigenvalue weighted by Gasteiger charge is 2.33. The van der Waals surface area contributed by atoms with Crippen LogP contribution < -0.4 is 10.6 Å². The van der Waals surface area contributed by atoms with Gasteiger partial charge in [0.2, 0.25) is 0 Å². The van der Waals surface area contributed by atoms with Gasteiger partial charge in [-0.3, -0.25) is 9.79 Å². The molecule has 0 spiro atoms. The van der Waals surface area contributed by atoms with Gasteiger partial charge in [-0.05, 0) is 30.5 Å². The average Bonchev–Trinajstić information content (AvgIpc) is 2.60. The Bertz CT molecular complexity index is 625. The zero-order valence-electron chi connectivity index (χ0n) is 15.2. The Morgan fingerprint density at radius 3 is 2.48 bits per heavy atom. The van der Waals surface area contributed by atoms with Gasteiger partial charge in [0, 0.05) is 26.6 Å². The number of aliphatic imine (C=N–C) groups is 1. The highest BCUT2D eigenvalue weighted by Crippen LogP contribution is 2.32. The first-order chi connectivity index (χ1) is 12.3. The van der Waals surface area contributed by atoms with Crippen LogP contribution in [-0.2, 0) is 22.3 Å². The van der Waals surface area contributed by atoms with Gasteiger partial charge in [0.05, 0.1) is 12.7 Å². The summed E-state index contributed by atoms with van der Waals surface area (Å²) < 4.78 is 56.5. The topological polar surface area (TPSA) is 62.7 Å². The minimum absolute atomic E-state index is 0. The van der Waals surface area contributed by atoms with Crippen molar-refractivity contribution in [1.29, 1.82) is 0 Å². The number of benzene rings is 1. The minimum atomic E-state index is -4.63. The highest BCUT2D eigenvalue weighted by atomic mass is 127. The van der Waals surface area contributed by atoms with Crippen LogP contribution >= 0.6 is 24.0 Å². The first-order valence-corrected chi connectivity index (χ1v) is 8.15. The van der Waals surface area contributed by atoms with Gasteiger partial charge >= 0.3 is 12.1 Å². The zero-order valence-corrected chi connectivity index (χ0v) is 17.5. The van der Waals surface area contributed by atoms with Crippen molar-refractivity contribution in [3.05, 3.63) is 35.1 Å². The van der Waals surface area contributed by atoms with E-state index in [1.165, 1.54) is 14.2 Å².